The third-order valence-corrected chi connectivity index (χ3v) is 5.54. The Morgan fingerprint density at radius 2 is 2.15 bits per heavy atom. The highest BCUT2D eigenvalue weighted by atomic mass is 35.5. The average molecular weight is 330 g/mol. The molecule has 20 heavy (non-hydrogen) atoms. The van der Waals surface area contributed by atoms with Crippen LogP contribution in [-0.4, -0.2) is 13.4 Å². The molecule has 1 aromatic carbocycles. The van der Waals surface area contributed by atoms with Gasteiger partial charge in [0.1, 0.15) is 4.90 Å². The smallest absolute Gasteiger partial charge is 0.265 e. The second-order valence-corrected chi connectivity index (χ2v) is 7.58. The SMILES string of the molecule is Nc1ccc(Cl)cc1S(=O)(=O)Nc1nc(C2CC2)cs1. The lowest BCUT2D eigenvalue weighted by Gasteiger charge is -2.08. The summed E-state index contributed by atoms with van der Waals surface area (Å²) in [6, 6.07) is 4.34. The fraction of sp³-hybridized carbons (Fsp3) is 0.250. The van der Waals surface area contributed by atoms with Gasteiger partial charge >= 0.3 is 0 Å². The summed E-state index contributed by atoms with van der Waals surface area (Å²) in [5.41, 5.74) is 6.80. The van der Waals surface area contributed by atoms with Crippen LogP contribution in [0.25, 0.3) is 0 Å². The van der Waals surface area contributed by atoms with Gasteiger partial charge in [-0.15, -0.1) is 11.3 Å². The van der Waals surface area contributed by atoms with E-state index in [1.54, 1.807) is 6.07 Å². The van der Waals surface area contributed by atoms with E-state index < -0.39 is 10.0 Å². The number of nitrogens with two attached hydrogens (primary N) is 1. The number of aromatic nitrogens is 1. The molecule has 5 nitrogen and oxygen atoms in total. The molecule has 2 aromatic rings. The molecule has 3 rings (SSSR count). The van der Waals surface area contributed by atoms with Gasteiger partial charge < -0.3 is 5.73 Å². The number of nitrogens with one attached hydrogen (secondary N) is 1. The van der Waals surface area contributed by atoms with E-state index in [1.807, 2.05) is 5.38 Å². The molecule has 0 radical (unpaired) electrons. The third kappa shape index (κ3) is 2.74. The standard InChI is InChI=1S/C12H12ClN3O2S2/c13-8-3-4-9(14)11(5-8)20(17,18)16-12-15-10(6-19-12)7-1-2-7/h3-7H,1-2,14H2,(H,15,16). The Morgan fingerprint density at radius 3 is 2.85 bits per heavy atom. The Hall–Kier alpha value is -1.31. The van der Waals surface area contributed by atoms with Crippen molar-refractivity contribution in [3.05, 3.63) is 34.3 Å². The summed E-state index contributed by atoms with van der Waals surface area (Å²) in [7, 11) is -3.77. The van der Waals surface area contributed by atoms with E-state index in [1.165, 1.54) is 23.5 Å². The molecule has 0 aliphatic heterocycles. The third-order valence-electron chi connectivity index (χ3n) is 3.00. The molecule has 8 heteroatoms. The van der Waals surface area contributed by atoms with Gasteiger partial charge in [0.25, 0.3) is 10.0 Å². The van der Waals surface area contributed by atoms with Gasteiger partial charge in [0, 0.05) is 16.3 Å². The fourth-order valence-electron chi connectivity index (χ4n) is 1.81. The molecule has 0 saturated heterocycles. The summed E-state index contributed by atoms with van der Waals surface area (Å²) >= 11 is 7.09. The van der Waals surface area contributed by atoms with Crippen molar-refractivity contribution in [3.8, 4) is 0 Å². The van der Waals surface area contributed by atoms with Gasteiger partial charge in [0.15, 0.2) is 5.13 Å². The van der Waals surface area contributed by atoms with Crippen molar-refractivity contribution in [2.24, 2.45) is 0 Å². The number of benzene rings is 1. The Balaban J connectivity index is 1.89. The van der Waals surface area contributed by atoms with Gasteiger partial charge in [0.05, 0.1) is 11.4 Å². The first-order valence-corrected chi connectivity index (χ1v) is 8.73. The highest BCUT2D eigenvalue weighted by Crippen LogP contribution is 2.41. The van der Waals surface area contributed by atoms with Crippen LogP contribution in [0.4, 0.5) is 10.8 Å². The summed E-state index contributed by atoms with van der Waals surface area (Å²) in [4.78, 5) is 4.26. The number of nitrogen functional groups attached to an aromatic ring is 1. The molecule has 1 heterocycles. The van der Waals surface area contributed by atoms with Gasteiger partial charge in [-0.05, 0) is 31.0 Å². The maximum Gasteiger partial charge on any atom is 0.265 e. The number of anilines is 2. The molecule has 0 amide bonds. The molecular formula is C12H12ClN3O2S2. The zero-order valence-electron chi connectivity index (χ0n) is 10.3. The van der Waals surface area contributed by atoms with Crippen molar-refractivity contribution >= 4 is 43.8 Å². The molecule has 0 spiro atoms. The van der Waals surface area contributed by atoms with Gasteiger partial charge in [0.2, 0.25) is 0 Å². The predicted octanol–water partition coefficient (Wildman–Crippen LogP) is 3.06. The van der Waals surface area contributed by atoms with Crippen LogP contribution in [0.15, 0.2) is 28.5 Å². The highest BCUT2D eigenvalue weighted by molar-refractivity contribution is 7.93. The molecule has 106 valence electrons. The van der Waals surface area contributed by atoms with Crippen molar-refractivity contribution in [1.29, 1.82) is 0 Å². The molecule has 1 saturated carbocycles. The molecule has 0 unspecified atom stereocenters. The minimum absolute atomic E-state index is 0.0341. The van der Waals surface area contributed by atoms with Crippen molar-refractivity contribution < 1.29 is 8.42 Å². The molecular weight excluding hydrogens is 318 g/mol. The van der Waals surface area contributed by atoms with E-state index in [0.29, 0.717) is 16.1 Å². The lowest BCUT2D eigenvalue weighted by atomic mass is 10.3. The first kappa shape index (κ1) is 13.7. The Kier molecular flexibility index (Phi) is 3.35. The van der Waals surface area contributed by atoms with Gasteiger partial charge in [-0.1, -0.05) is 11.6 Å². The topological polar surface area (TPSA) is 85.1 Å². The van der Waals surface area contributed by atoms with Gasteiger partial charge in [-0.3, -0.25) is 4.72 Å². The lowest BCUT2D eigenvalue weighted by molar-refractivity contribution is 0.601. The van der Waals surface area contributed by atoms with Crippen LogP contribution < -0.4 is 10.5 Å². The van der Waals surface area contributed by atoms with Crippen LogP contribution in [0.5, 0.6) is 0 Å². The number of hydrogen-bond acceptors (Lipinski definition) is 5. The van der Waals surface area contributed by atoms with Crippen LogP contribution in [0.1, 0.15) is 24.5 Å². The second-order valence-electron chi connectivity index (χ2n) is 4.64. The van der Waals surface area contributed by atoms with Crippen LogP contribution in [-0.2, 0) is 10.0 Å². The van der Waals surface area contributed by atoms with Crippen LogP contribution in [0.2, 0.25) is 5.02 Å². The zero-order valence-corrected chi connectivity index (χ0v) is 12.7. The maximum atomic E-state index is 12.3. The zero-order chi connectivity index (χ0) is 14.3. The molecule has 1 aliphatic rings. The van der Waals surface area contributed by atoms with Crippen LogP contribution in [0.3, 0.4) is 0 Å². The van der Waals surface area contributed by atoms with Gasteiger partial charge in [-0.25, -0.2) is 13.4 Å². The minimum atomic E-state index is -3.77. The van der Waals surface area contributed by atoms with Gasteiger partial charge in [-0.2, -0.15) is 0 Å². The number of nitrogens with zero attached hydrogens (tertiary/aromatic N) is 1. The van der Waals surface area contributed by atoms with Crippen molar-refractivity contribution in [1.82, 2.24) is 4.98 Å². The number of sulfonamides is 1. The normalized spacial score (nSPS) is 15.2. The molecule has 1 aromatic heterocycles. The largest absolute Gasteiger partial charge is 0.398 e. The summed E-state index contributed by atoms with van der Waals surface area (Å²) in [6.45, 7) is 0. The Labute approximate surface area is 125 Å². The first-order chi connectivity index (χ1) is 9.45. The monoisotopic (exact) mass is 329 g/mol. The van der Waals surface area contributed by atoms with Crippen LogP contribution in [0, 0.1) is 0 Å². The molecule has 0 atom stereocenters. The van der Waals surface area contributed by atoms with E-state index >= 15 is 0 Å². The lowest BCUT2D eigenvalue weighted by Crippen LogP contribution is -2.14. The number of hydrogen-bond donors (Lipinski definition) is 2. The predicted molar refractivity (Wildman–Crippen MR) is 80.8 cm³/mol. The number of halogens is 1. The number of thiazole rings is 1. The fourth-order valence-corrected chi connectivity index (χ4v) is 4.25. The summed E-state index contributed by atoms with van der Waals surface area (Å²) in [5, 5.41) is 2.56. The van der Waals surface area contributed by atoms with Crippen molar-refractivity contribution in [2.45, 2.75) is 23.7 Å². The minimum Gasteiger partial charge on any atom is -0.398 e. The first-order valence-electron chi connectivity index (χ1n) is 5.99. The Morgan fingerprint density at radius 1 is 1.40 bits per heavy atom. The highest BCUT2D eigenvalue weighted by Gasteiger charge is 2.27. The average Bonchev–Trinajstić information content (AvgIpc) is 3.13. The Bertz CT molecular complexity index is 754. The molecule has 1 aliphatic carbocycles. The summed E-state index contributed by atoms with van der Waals surface area (Å²) < 4.78 is 27.0. The van der Waals surface area contributed by atoms with E-state index in [9.17, 15) is 8.42 Å². The summed E-state index contributed by atoms with van der Waals surface area (Å²) in [5.74, 6) is 0.487. The summed E-state index contributed by atoms with van der Waals surface area (Å²) in [6.07, 6.45) is 2.24. The maximum absolute atomic E-state index is 12.3. The van der Waals surface area contributed by atoms with E-state index in [2.05, 4.69) is 9.71 Å². The molecule has 1 fully saturated rings. The molecule has 0 bridgehead atoms. The quantitative estimate of drug-likeness (QED) is 0.844. The van der Waals surface area contributed by atoms with Crippen LogP contribution >= 0.6 is 22.9 Å². The van der Waals surface area contributed by atoms with Crippen molar-refractivity contribution in [3.63, 3.8) is 0 Å². The van der Waals surface area contributed by atoms with E-state index in [0.717, 1.165) is 18.5 Å². The van der Waals surface area contributed by atoms with E-state index in [-0.39, 0.29) is 10.6 Å². The molecule has 3 N–H and O–H groups in total. The second kappa shape index (κ2) is 4.91. The van der Waals surface area contributed by atoms with Crippen molar-refractivity contribution in [2.75, 3.05) is 10.5 Å². The van der Waals surface area contributed by atoms with E-state index in [4.69, 9.17) is 17.3 Å². The number of rotatable bonds is 4.